The van der Waals surface area contributed by atoms with Gasteiger partial charge in [0.2, 0.25) is 0 Å². The van der Waals surface area contributed by atoms with E-state index in [0.717, 1.165) is 38.8 Å². The lowest BCUT2D eigenvalue weighted by molar-refractivity contribution is 0.845. The molecule has 2 aromatic rings. The molecule has 0 amide bonds. The van der Waals surface area contributed by atoms with Gasteiger partial charge in [-0.25, -0.2) is 9.97 Å². The lowest BCUT2D eigenvalue weighted by Gasteiger charge is -2.07. The maximum absolute atomic E-state index is 6.13. The Balaban J connectivity index is 2.13. The van der Waals surface area contributed by atoms with E-state index in [1.165, 1.54) is 0 Å². The van der Waals surface area contributed by atoms with Gasteiger partial charge in [0, 0.05) is 9.92 Å². The molecule has 0 unspecified atom stereocenters. The van der Waals surface area contributed by atoms with Gasteiger partial charge in [-0.15, -0.1) is 11.8 Å². The van der Waals surface area contributed by atoms with E-state index in [1.54, 1.807) is 11.8 Å². The summed E-state index contributed by atoms with van der Waals surface area (Å²) in [6.07, 6.45) is 1.91. The summed E-state index contributed by atoms with van der Waals surface area (Å²) in [6, 6.07) is 7.74. The molecule has 6 heteroatoms. The van der Waals surface area contributed by atoms with Gasteiger partial charge in [0.25, 0.3) is 0 Å². The second-order valence-corrected chi connectivity index (χ2v) is 6.82. The normalized spacial score (nSPS) is 10.8. The number of hydrogen-bond donors (Lipinski definition) is 0. The van der Waals surface area contributed by atoms with Crippen LogP contribution in [0.1, 0.15) is 24.9 Å². The highest BCUT2D eigenvalue weighted by atomic mass is 79.9. The molecule has 2 nitrogen and oxygen atoms in total. The van der Waals surface area contributed by atoms with E-state index in [9.17, 15) is 0 Å². The van der Waals surface area contributed by atoms with Crippen molar-refractivity contribution in [2.24, 2.45) is 0 Å². The first-order valence-electron chi connectivity index (χ1n) is 6.19. The molecule has 2 rings (SSSR count). The fourth-order valence-corrected chi connectivity index (χ4v) is 3.33. The van der Waals surface area contributed by atoms with Crippen LogP contribution in [0.5, 0.6) is 0 Å². The maximum atomic E-state index is 6.13. The second-order valence-electron chi connectivity index (χ2n) is 4.19. The van der Waals surface area contributed by atoms with Gasteiger partial charge < -0.3 is 0 Å². The third-order valence-corrected chi connectivity index (χ3v) is 5.14. The molecule has 0 N–H and O–H groups in total. The molecular formula is C14H13BrCl2N2S. The molecule has 106 valence electrons. The van der Waals surface area contributed by atoms with Gasteiger partial charge in [0.15, 0.2) is 0 Å². The van der Waals surface area contributed by atoms with Crippen LogP contribution in [0.2, 0.25) is 10.2 Å². The van der Waals surface area contributed by atoms with Crippen LogP contribution in [-0.2, 0) is 12.2 Å². The number of nitrogens with zero attached hydrogens (tertiary/aromatic N) is 2. The number of aromatic nitrogens is 2. The van der Waals surface area contributed by atoms with Gasteiger partial charge in [-0.2, -0.15) is 0 Å². The average molecular weight is 392 g/mol. The highest BCUT2D eigenvalue weighted by Crippen LogP contribution is 2.28. The number of rotatable bonds is 5. The number of halogens is 3. The number of thioether (sulfide) groups is 1. The molecule has 0 spiro atoms. The minimum atomic E-state index is 0.477. The second kappa shape index (κ2) is 7.64. The van der Waals surface area contributed by atoms with Crippen LogP contribution < -0.4 is 0 Å². The standard InChI is InChI=1S/C14H13BrCl2N2S/c1-2-4-11-13(15)14(17)19-12(18-11)8-20-10-6-3-5-9(16)7-10/h3,5-7H,2,4,8H2,1H3. The quantitative estimate of drug-likeness (QED) is 0.476. The van der Waals surface area contributed by atoms with Crippen molar-refractivity contribution in [1.82, 2.24) is 9.97 Å². The van der Waals surface area contributed by atoms with Gasteiger partial charge in [0.1, 0.15) is 11.0 Å². The first kappa shape index (κ1) is 16.1. The van der Waals surface area contributed by atoms with Crippen molar-refractivity contribution < 1.29 is 0 Å². The molecule has 0 bridgehead atoms. The molecule has 20 heavy (non-hydrogen) atoms. The molecule has 0 radical (unpaired) electrons. The van der Waals surface area contributed by atoms with Crippen LogP contribution in [-0.4, -0.2) is 9.97 Å². The molecule has 0 saturated carbocycles. The summed E-state index contributed by atoms with van der Waals surface area (Å²) in [5.41, 5.74) is 0.967. The Hall–Kier alpha value is -0.290. The van der Waals surface area contributed by atoms with Crippen LogP contribution in [0.25, 0.3) is 0 Å². The Morgan fingerprint density at radius 3 is 2.75 bits per heavy atom. The van der Waals surface area contributed by atoms with Crippen LogP contribution in [0.3, 0.4) is 0 Å². The number of aryl methyl sites for hydroxylation is 1. The molecular weight excluding hydrogens is 379 g/mol. The van der Waals surface area contributed by atoms with Crippen molar-refractivity contribution in [1.29, 1.82) is 0 Å². The van der Waals surface area contributed by atoms with Gasteiger partial charge in [-0.1, -0.05) is 42.6 Å². The fourth-order valence-electron chi connectivity index (χ4n) is 1.68. The Labute approximate surface area is 141 Å². The van der Waals surface area contributed by atoms with E-state index >= 15 is 0 Å². The van der Waals surface area contributed by atoms with Crippen molar-refractivity contribution in [3.8, 4) is 0 Å². The minimum Gasteiger partial charge on any atom is -0.236 e. The first-order valence-corrected chi connectivity index (χ1v) is 8.72. The molecule has 0 aliphatic rings. The summed E-state index contributed by atoms with van der Waals surface area (Å²) in [4.78, 5) is 9.97. The maximum Gasteiger partial charge on any atom is 0.147 e. The molecule has 0 atom stereocenters. The lowest BCUT2D eigenvalue weighted by Crippen LogP contribution is -2.00. The van der Waals surface area contributed by atoms with Crippen molar-refractivity contribution >= 4 is 50.9 Å². The van der Waals surface area contributed by atoms with Crippen molar-refractivity contribution in [2.45, 2.75) is 30.4 Å². The summed E-state index contributed by atoms with van der Waals surface area (Å²) < 4.78 is 0.803. The Bertz CT molecular complexity index is 608. The third kappa shape index (κ3) is 4.35. The van der Waals surface area contributed by atoms with E-state index in [0.29, 0.717) is 10.9 Å². The molecule has 1 heterocycles. The van der Waals surface area contributed by atoms with Crippen LogP contribution in [0, 0.1) is 0 Å². The third-order valence-electron chi connectivity index (χ3n) is 2.58. The zero-order valence-corrected chi connectivity index (χ0v) is 14.8. The van der Waals surface area contributed by atoms with Crippen LogP contribution in [0.15, 0.2) is 33.6 Å². The summed E-state index contributed by atoms with van der Waals surface area (Å²) in [6.45, 7) is 2.11. The summed E-state index contributed by atoms with van der Waals surface area (Å²) >= 11 is 17.2. The summed E-state index contributed by atoms with van der Waals surface area (Å²) in [5.74, 6) is 1.41. The SMILES string of the molecule is CCCc1nc(CSc2cccc(Cl)c2)nc(Cl)c1Br. The number of hydrogen-bond acceptors (Lipinski definition) is 3. The number of benzene rings is 1. The van der Waals surface area contributed by atoms with E-state index in [4.69, 9.17) is 23.2 Å². The lowest BCUT2D eigenvalue weighted by atomic mass is 10.2. The Morgan fingerprint density at radius 1 is 1.25 bits per heavy atom. The van der Waals surface area contributed by atoms with Gasteiger partial charge in [0.05, 0.1) is 15.9 Å². The minimum absolute atomic E-state index is 0.477. The monoisotopic (exact) mass is 390 g/mol. The zero-order chi connectivity index (χ0) is 14.5. The molecule has 0 aliphatic heterocycles. The highest BCUT2D eigenvalue weighted by Gasteiger charge is 2.10. The van der Waals surface area contributed by atoms with E-state index in [-0.39, 0.29) is 0 Å². The van der Waals surface area contributed by atoms with Crippen LogP contribution in [0.4, 0.5) is 0 Å². The van der Waals surface area contributed by atoms with Gasteiger partial charge in [-0.05, 0) is 40.5 Å². The van der Waals surface area contributed by atoms with Gasteiger partial charge >= 0.3 is 0 Å². The van der Waals surface area contributed by atoms with Crippen LogP contribution >= 0.6 is 50.9 Å². The first-order chi connectivity index (χ1) is 9.60. The fraction of sp³-hybridized carbons (Fsp3) is 0.286. The molecule has 0 saturated heterocycles. The molecule has 0 aliphatic carbocycles. The molecule has 1 aromatic heterocycles. The average Bonchev–Trinajstić information content (AvgIpc) is 2.42. The van der Waals surface area contributed by atoms with E-state index in [2.05, 4.69) is 32.8 Å². The van der Waals surface area contributed by atoms with E-state index < -0.39 is 0 Å². The Kier molecular flexibility index (Phi) is 6.15. The van der Waals surface area contributed by atoms with Gasteiger partial charge in [-0.3, -0.25) is 0 Å². The predicted octanol–water partition coefficient (Wildman–Crippen LogP) is 5.79. The largest absolute Gasteiger partial charge is 0.236 e. The smallest absolute Gasteiger partial charge is 0.147 e. The van der Waals surface area contributed by atoms with Crippen molar-refractivity contribution in [3.05, 3.63) is 50.4 Å². The molecule has 0 fully saturated rings. The van der Waals surface area contributed by atoms with Crippen molar-refractivity contribution in [3.63, 3.8) is 0 Å². The zero-order valence-electron chi connectivity index (χ0n) is 10.9. The predicted molar refractivity (Wildman–Crippen MR) is 89.8 cm³/mol. The topological polar surface area (TPSA) is 25.8 Å². The summed E-state index contributed by atoms with van der Waals surface area (Å²) in [5, 5.41) is 1.21. The highest BCUT2D eigenvalue weighted by molar-refractivity contribution is 9.10. The van der Waals surface area contributed by atoms with Crippen molar-refractivity contribution in [2.75, 3.05) is 0 Å². The summed E-state index contributed by atoms with van der Waals surface area (Å²) in [7, 11) is 0. The Morgan fingerprint density at radius 2 is 2.05 bits per heavy atom. The molecule has 1 aromatic carbocycles. The van der Waals surface area contributed by atoms with E-state index in [1.807, 2.05) is 24.3 Å².